The lowest BCUT2D eigenvalue weighted by molar-refractivity contribution is -0.179. The zero-order chi connectivity index (χ0) is 17.1. The lowest BCUT2D eigenvalue weighted by Crippen LogP contribution is -2.40. The molecule has 0 saturated carbocycles. The second-order valence-electron chi connectivity index (χ2n) is 5.92. The molecule has 1 aromatic heterocycles. The first-order valence-electron chi connectivity index (χ1n) is 6.36. The van der Waals surface area contributed by atoms with E-state index in [0.717, 1.165) is 11.3 Å². The van der Waals surface area contributed by atoms with Gasteiger partial charge in [-0.3, -0.25) is 4.79 Å². The second-order valence-corrected chi connectivity index (χ2v) is 7.22. The number of hydrogen-bond acceptors (Lipinski definition) is 8. The molecule has 0 aliphatic heterocycles. The minimum absolute atomic E-state index is 0.132. The number of oxime groups is 1. The Morgan fingerprint density at radius 2 is 1.91 bits per heavy atom. The highest BCUT2D eigenvalue weighted by Gasteiger charge is 2.35. The van der Waals surface area contributed by atoms with Gasteiger partial charge in [-0.2, -0.15) is 0 Å². The molecule has 22 heavy (non-hydrogen) atoms. The van der Waals surface area contributed by atoms with Crippen LogP contribution in [-0.4, -0.2) is 33.0 Å². The van der Waals surface area contributed by atoms with Crippen LogP contribution in [0.25, 0.3) is 0 Å². The number of carbonyl (C=O) groups is 2. The van der Waals surface area contributed by atoms with Crippen molar-refractivity contribution in [3.63, 3.8) is 0 Å². The number of esters is 1. The van der Waals surface area contributed by atoms with Gasteiger partial charge in [0.25, 0.3) is 0 Å². The lowest BCUT2D eigenvalue weighted by Gasteiger charge is -2.26. The van der Waals surface area contributed by atoms with Gasteiger partial charge in [0.05, 0.1) is 0 Å². The van der Waals surface area contributed by atoms with E-state index >= 15 is 0 Å². The molecule has 122 valence electrons. The molecule has 0 aliphatic carbocycles. The number of thiazole rings is 1. The van der Waals surface area contributed by atoms with E-state index in [2.05, 4.69) is 22.8 Å². The molecule has 0 aliphatic rings. The molecule has 1 heterocycles. The monoisotopic (exact) mass is 345 g/mol. The van der Waals surface area contributed by atoms with Crippen molar-refractivity contribution >= 4 is 45.9 Å². The van der Waals surface area contributed by atoms with Crippen molar-refractivity contribution in [3.8, 4) is 0 Å². The summed E-state index contributed by atoms with van der Waals surface area (Å²) in [5.74, 6) is -0.604. The van der Waals surface area contributed by atoms with Crippen LogP contribution in [0.15, 0.2) is 10.5 Å². The fraction of sp³-hybridized carbons (Fsp3) is 0.538. The van der Waals surface area contributed by atoms with Gasteiger partial charge < -0.3 is 15.3 Å². The predicted molar refractivity (Wildman–Crippen MR) is 88.1 cm³/mol. The maximum Gasteiger partial charge on any atom is 0.353 e. The largest absolute Gasteiger partial charge is 0.457 e. The van der Waals surface area contributed by atoms with Gasteiger partial charge in [-0.1, -0.05) is 17.8 Å². The molecule has 0 saturated heterocycles. The summed E-state index contributed by atoms with van der Waals surface area (Å²) in [6.45, 7) is 8.20. The SMILES string of the molecule is CC(C)(C)OC(=O)C(C)(C)ON=C(C(=O)S)c1csc(N)n1. The number of nitrogens with zero attached hydrogens (tertiary/aromatic N) is 2. The Bertz CT molecular complexity index is 603. The van der Waals surface area contributed by atoms with Crippen LogP contribution in [0.1, 0.15) is 40.3 Å². The quantitative estimate of drug-likeness (QED) is 0.366. The molecule has 2 N–H and O–H groups in total. The third-order valence-corrected chi connectivity index (χ3v) is 3.11. The van der Waals surface area contributed by atoms with Crippen LogP contribution in [0, 0.1) is 0 Å². The number of rotatable bonds is 5. The van der Waals surface area contributed by atoms with Crippen molar-refractivity contribution in [2.24, 2.45) is 5.16 Å². The van der Waals surface area contributed by atoms with Crippen LogP contribution in [-0.2, 0) is 19.2 Å². The Morgan fingerprint density at radius 3 is 2.32 bits per heavy atom. The van der Waals surface area contributed by atoms with Gasteiger partial charge >= 0.3 is 5.97 Å². The molecule has 0 fully saturated rings. The molecule has 0 radical (unpaired) electrons. The number of thiol groups is 1. The Morgan fingerprint density at radius 1 is 1.32 bits per heavy atom. The summed E-state index contributed by atoms with van der Waals surface area (Å²) in [6.07, 6.45) is 0. The molecule has 7 nitrogen and oxygen atoms in total. The number of aromatic nitrogens is 1. The van der Waals surface area contributed by atoms with E-state index in [1.807, 2.05) is 0 Å². The Kier molecular flexibility index (Phi) is 5.58. The first-order chi connectivity index (χ1) is 9.92. The number of anilines is 1. The van der Waals surface area contributed by atoms with Crippen molar-refractivity contribution in [1.29, 1.82) is 0 Å². The van der Waals surface area contributed by atoms with Crippen molar-refractivity contribution in [2.45, 2.75) is 45.8 Å². The molecule has 0 spiro atoms. The molecular weight excluding hydrogens is 326 g/mol. The van der Waals surface area contributed by atoms with Crippen LogP contribution in [0.4, 0.5) is 5.13 Å². The molecule has 0 atom stereocenters. The number of nitrogens with two attached hydrogens (primary N) is 1. The van der Waals surface area contributed by atoms with Gasteiger partial charge in [-0.25, -0.2) is 9.78 Å². The summed E-state index contributed by atoms with van der Waals surface area (Å²) in [7, 11) is 0. The normalized spacial score (nSPS) is 12.9. The van der Waals surface area contributed by atoms with Gasteiger partial charge in [0, 0.05) is 5.38 Å². The van der Waals surface area contributed by atoms with Crippen molar-refractivity contribution in [2.75, 3.05) is 5.73 Å². The lowest BCUT2D eigenvalue weighted by atomic mass is 10.1. The summed E-state index contributed by atoms with van der Waals surface area (Å²) in [5.41, 5.74) is 3.59. The topological polar surface area (TPSA) is 104 Å². The first kappa shape index (κ1) is 18.4. The summed E-state index contributed by atoms with van der Waals surface area (Å²) in [5, 5.41) is 4.89. The van der Waals surface area contributed by atoms with Crippen LogP contribution >= 0.6 is 24.0 Å². The van der Waals surface area contributed by atoms with Crippen LogP contribution in [0.3, 0.4) is 0 Å². The van der Waals surface area contributed by atoms with E-state index in [0.29, 0.717) is 0 Å². The highest BCUT2D eigenvalue weighted by atomic mass is 32.1. The third kappa shape index (κ3) is 5.30. The molecule has 0 amide bonds. The third-order valence-electron chi connectivity index (χ3n) is 2.22. The maximum atomic E-state index is 12.0. The van der Waals surface area contributed by atoms with E-state index in [1.54, 1.807) is 26.2 Å². The van der Waals surface area contributed by atoms with Crippen molar-refractivity contribution < 1.29 is 19.2 Å². The van der Waals surface area contributed by atoms with E-state index in [4.69, 9.17) is 15.3 Å². The molecule has 0 aromatic carbocycles. The van der Waals surface area contributed by atoms with Gasteiger partial charge in [-0.15, -0.1) is 11.3 Å². The molecule has 1 aromatic rings. The highest BCUT2D eigenvalue weighted by molar-refractivity contribution is 7.99. The summed E-state index contributed by atoms with van der Waals surface area (Å²) in [6, 6.07) is 0. The van der Waals surface area contributed by atoms with Crippen molar-refractivity contribution in [3.05, 3.63) is 11.1 Å². The van der Waals surface area contributed by atoms with E-state index in [1.165, 1.54) is 13.8 Å². The number of carbonyl (C=O) groups excluding carboxylic acids is 2. The fourth-order valence-electron chi connectivity index (χ4n) is 1.19. The minimum atomic E-state index is -1.37. The molecule has 1 rings (SSSR count). The van der Waals surface area contributed by atoms with Gasteiger partial charge in [0.2, 0.25) is 10.7 Å². The van der Waals surface area contributed by atoms with Crippen LogP contribution in [0.2, 0.25) is 0 Å². The minimum Gasteiger partial charge on any atom is -0.457 e. The average molecular weight is 345 g/mol. The van der Waals surface area contributed by atoms with Gasteiger partial charge in [0.1, 0.15) is 11.3 Å². The Balaban J connectivity index is 2.94. The highest BCUT2D eigenvalue weighted by Crippen LogP contribution is 2.19. The van der Waals surface area contributed by atoms with E-state index in [-0.39, 0.29) is 16.5 Å². The molecule has 9 heteroatoms. The zero-order valence-corrected chi connectivity index (χ0v) is 14.7. The standard InChI is InChI=1S/C13H19N3O4S2/c1-12(2,3)19-10(18)13(4,5)20-16-8(9(17)21)7-6-22-11(14)15-7/h6H,1-5H3,(H2,14,15)(H,17,21). The summed E-state index contributed by atoms with van der Waals surface area (Å²) >= 11 is 4.87. The molecule has 0 bridgehead atoms. The van der Waals surface area contributed by atoms with Crippen molar-refractivity contribution in [1.82, 2.24) is 4.98 Å². The summed E-state index contributed by atoms with van der Waals surface area (Å²) in [4.78, 5) is 32.7. The molecular formula is C13H19N3O4S2. The fourth-order valence-corrected chi connectivity index (χ4v) is 1.89. The van der Waals surface area contributed by atoms with Crippen LogP contribution < -0.4 is 5.73 Å². The smallest absolute Gasteiger partial charge is 0.353 e. The zero-order valence-electron chi connectivity index (χ0n) is 13.0. The number of hydrogen-bond donors (Lipinski definition) is 2. The average Bonchev–Trinajstić information content (AvgIpc) is 2.73. The van der Waals surface area contributed by atoms with Crippen LogP contribution in [0.5, 0.6) is 0 Å². The van der Waals surface area contributed by atoms with Gasteiger partial charge in [0.15, 0.2) is 10.8 Å². The maximum absolute atomic E-state index is 12.0. The second kappa shape index (κ2) is 6.66. The predicted octanol–water partition coefficient (Wildman–Crippen LogP) is 2.02. The number of ether oxygens (including phenoxy) is 1. The van der Waals surface area contributed by atoms with E-state index in [9.17, 15) is 9.59 Å². The first-order valence-corrected chi connectivity index (χ1v) is 7.69. The van der Waals surface area contributed by atoms with Gasteiger partial charge in [-0.05, 0) is 34.6 Å². The Hall–Kier alpha value is -1.61. The van der Waals surface area contributed by atoms with E-state index < -0.39 is 22.3 Å². The Labute approximate surface area is 138 Å². The molecule has 0 unspecified atom stereocenters. The summed E-state index contributed by atoms with van der Waals surface area (Å²) < 4.78 is 5.23. The number of nitrogen functional groups attached to an aromatic ring is 1.